The molecule has 17 nitrogen and oxygen atoms in total. The number of hydrogen-bond donors (Lipinski definition) is 3. The summed E-state index contributed by atoms with van der Waals surface area (Å²) >= 11 is 0. The van der Waals surface area contributed by atoms with Crippen LogP contribution in [0.25, 0.3) is 0 Å². The van der Waals surface area contributed by atoms with Gasteiger partial charge in [0.15, 0.2) is 12.2 Å². The molecule has 0 saturated heterocycles. The number of esters is 4. The summed E-state index contributed by atoms with van der Waals surface area (Å²) in [4.78, 5) is 73.3. The Morgan fingerprint density at radius 1 is 0.245 bits per heavy atom. The molecule has 19 heteroatoms. The molecule has 0 fully saturated rings. The van der Waals surface area contributed by atoms with E-state index in [1.165, 1.54) is 315 Å². The first-order chi connectivity index (χ1) is 53.5. The van der Waals surface area contributed by atoms with E-state index in [1.54, 1.807) is 0 Å². The third kappa shape index (κ3) is 84.0. The van der Waals surface area contributed by atoms with E-state index in [0.29, 0.717) is 31.6 Å². The molecule has 654 valence electrons. The molecule has 0 aliphatic rings. The van der Waals surface area contributed by atoms with E-state index in [9.17, 15) is 43.2 Å². The molecule has 0 amide bonds. The quantitative estimate of drug-likeness (QED) is 0.0222. The Hall–Kier alpha value is -1.94. The number of carbonyl (C=O) groups is 4. The molecule has 110 heavy (non-hydrogen) atoms. The number of rotatable bonds is 91. The van der Waals surface area contributed by atoms with Crippen molar-refractivity contribution in [3.8, 4) is 0 Å². The second kappa shape index (κ2) is 83.5. The lowest BCUT2D eigenvalue weighted by Gasteiger charge is -2.21. The minimum Gasteiger partial charge on any atom is -0.462 e. The van der Waals surface area contributed by atoms with Gasteiger partial charge in [0.1, 0.15) is 19.3 Å². The van der Waals surface area contributed by atoms with Gasteiger partial charge >= 0.3 is 39.5 Å². The highest BCUT2D eigenvalue weighted by Crippen LogP contribution is 2.45. The van der Waals surface area contributed by atoms with E-state index in [0.717, 1.165) is 96.3 Å². The first kappa shape index (κ1) is 108. The van der Waals surface area contributed by atoms with Crippen molar-refractivity contribution in [2.24, 2.45) is 5.92 Å². The van der Waals surface area contributed by atoms with Gasteiger partial charge in [0.2, 0.25) is 0 Å². The first-order valence-corrected chi connectivity index (χ1v) is 50.1. The van der Waals surface area contributed by atoms with E-state index in [2.05, 4.69) is 34.6 Å². The van der Waals surface area contributed by atoms with Crippen molar-refractivity contribution in [1.29, 1.82) is 0 Å². The topological polar surface area (TPSA) is 237 Å². The zero-order chi connectivity index (χ0) is 80.4. The van der Waals surface area contributed by atoms with Crippen LogP contribution in [-0.2, 0) is 65.4 Å². The lowest BCUT2D eigenvalue weighted by molar-refractivity contribution is -0.161. The van der Waals surface area contributed by atoms with Crippen molar-refractivity contribution in [3.05, 3.63) is 0 Å². The third-order valence-corrected chi connectivity index (χ3v) is 23.4. The van der Waals surface area contributed by atoms with Crippen molar-refractivity contribution in [1.82, 2.24) is 0 Å². The molecule has 3 N–H and O–H groups in total. The molecule has 0 aliphatic heterocycles. The molecule has 0 aromatic heterocycles. The van der Waals surface area contributed by atoms with Crippen LogP contribution in [0.2, 0.25) is 0 Å². The molecule has 0 aromatic rings. The normalized spacial score (nSPS) is 13.7. The fourth-order valence-electron chi connectivity index (χ4n) is 14.4. The highest BCUT2D eigenvalue weighted by atomic mass is 31.2. The van der Waals surface area contributed by atoms with Gasteiger partial charge in [-0.15, -0.1) is 0 Å². The Bertz CT molecular complexity index is 2080. The van der Waals surface area contributed by atoms with Gasteiger partial charge in [0.25, 0.3) is 0 Å². The molecule has 0 spiro atoms. The lowest BCUT2D eigenvalue weighted by Crippen LogP contribution is -2.30. The SMILES string of the molecule is CCCCCCCCCCCCCCCCCCCCCCCCC(=O)O[C@H](COC(=O)CCCCCCCCCCCCCCCCCCCCCCC)COP(=O)(O)OC[C@@H](O)COP(=O)(O)OC[C@@H](COC(=O)CCCCCCCCC(C)C)OC(=O)CCCCCCCCCCCCCCCCCCCC. The summed E-state index contributed by atoms with van der Waals surface area (Å²) in [5.41, 5.74) is 0. The lowest BCUT2D eigenvalue weighted by atomic mass is 10.0. The fraction of sp³-hybridized carbons (Fsp3) is 0.956. The summed E-state index contributed by atoms with van der Waals surface area (Å²) in [5, 5.41) is 10.7. The van der Waals surface area contributed by atoms with Crippen LogP contribution in [0, 0.1) is 5.92 Å². The zero-order valence-electron chi connectivity index (χ0n) is 72.4. The summed E-state index contributed by atoms with van der Waals surface area (Å²) in [7, 11) is -9.93. The predicted octanol–water partition coefficient (Wildman–Crippen LogP) is 28.3. The maximum Gasteiger partial charge on any atom is 0.472 e. The molecule has 5 atom stereocenters. The Morgan fingerprint density at radius 3 is 0.618 bits per heavy atom. The van der Waals surface area contributed by atoms with E-state index < -0.39 is 97.5 Å². The van der Waals surface area contributed by atoms with Crippen molar-refractivity contribution in [3.63, 3.8) is 0 Å². The van der Waals surface area contributed by atoms with Gasteiger partial charge in [-0.1, -0.05) is 446 Å². The molecule has 2 unspecified atom stereocenters. The van der Waals surface area contributed by atoms with E-state index in [-0.39, 0.29) is 25.7 Å². The van der Waals surface area contributed by atoms with Crippen molar-refractivity contribution < 1.29 is 80.2 Å². The van der Waals surface area contributed by atoms with Crippen molar-refractivity contribution in [2.45, 2.75) is 515 Å². The number of carbonyl (C=O) groups excluding carboxylic acids is 4. The highest BCUT2D eigenvalue weighted by Gasteiger charge is 2.31. The van der Waals surface area contributed by atoms with Gasteiger partial charge in [0.05, 0.1) is 26.4 Å². The second-order valence-corrected chi connectivity index (χ2v) is 36.1. The monoisotopic (exact) mass is 1610 g/mol. The van der Waals surface area contributed by atoms with E-state index in [4.69, 9.17) is 37.0 Å². The van der Waals surface area contributed by atoms with Gasteiger partial charge in [-0.3, -0.25) is 37.3 Å². The maximum absolute atomic E-state index is 13.2. The third-order valence-electron chi connectivity index (χ3n) is 21.5. The molecule has 0 radical (unpaired) electrons. The summed E-state index contributed by atoms with van der Waals surface area (Å²) < 4.78 is 69.0. The molecule has 0 bridgehead atoms. The molecular weight excluding hydrogens is 1430 g/mol. The summed E-state index contributed by atoms with van der Waals surface area (Å²) in [5.74, 6) is -1.42. The number of unbranched alkanes of at least 4 members (excludes halogenated alkanes) is 63. The van der Waals surface area contributed by atoms with E-state index in [1.807, 2.05) is 0 Å². The van der Waals surface area contributed by atoms with Gasteiger partial charge < -0.3 is 33.8 Å². The summed E-state index contributed by atoms with van der Waals surface area (Å²) in [6.45, 7) is 7.31. The molecule has 0 rings (SSSR count). The van der Waals surface area contributed by atoms with Gasteiger partial charge in [-0.2, -0.15) is 0 Å². The van der Waals surface area contributed by atoms with Crippen LogP contribution in [-0.4, -0.2) is 96.7 Å². The average molecular weight is 1610 g/mol. The zero-order valence-corrected chi connectivity index (χ0v) is 74.2. The van der Waals surface area contributed by atoms with Crippen LogP contribution in [0.1, 0.15) is 497 Å². The van der Waals surface area contributed by atoms with Gasteiger partial charge in [0, 0.05) is 25.7 Å². The minimum absolute atomic E-state index is 0.108. The fourth-order valence-corrected chi connectivity index (χ4v) is 15.9. The summed E-state index contributed by atoms with van der Waals surface area (Å²) in [6.07, 6.45) is 79.6. The number of ether oxygens (including phenoxy) is 4. The number of phosphoric acid groups is 2. The molecule has 0 heterocycles. The highest BCUT2D eigenvalue weighted by molar-refractivity contribution is 7.47. The maximum atomic E-state index is 13.2. The van der Waals surface area contributed by atoms with Crippen LogP contribution in [0.5, 0.6) is 0 Å². The Kier molecular flexibility index (Phi) is 82.1. The Morgan fingerprint density at radius 2 is 0.418 bits per heavy atom. The predicted molar refractivity (Wildman–Crippen MR) is 455 cm³/mol. The Balaban J connectivity index is 5.19. The van der Waals surface area contributed by atoms with Crippen LogP contribution in [0.3, 0.4) is 0 Å². The number of phosphoric ester groups is 2. The van der Waals surface area contributed by atoms with Crippen LogP contribution < -0.4 is 0 Å². The smallest absolute Gasteiger partial charge is 0.462 e. The number of aliphatic hydroxyl groups excluding tert-OH is 1. The molecular formula is C91H178O17P2. The molecule has 0 saturated carbocycles. The first-order valence-electron chi connectivity index (χ1n) is 47.1. The number of hydrogen-bond acceptors (Lipinski definition) is 15. The largest absolute Gasteiger partial charge is 0.472 e. The van der Waals surface area contributed by atoms with Crippen molar-refractivity contribution >= 4 is 39.5 Å². The van der Waals surface area contributed by atoms with Crippen molar-refractivity contribution in [2.75, 3.05) is 39.6 Å². The van der Waals surface area contributed by atoms with Crippen LogP contribution in [0.15, 0.2) is 0 Å². The summed E-state index contributed by atoms with van der Waals surface area (Å²) in [6, 6.07) is 0. The van der Waals surface area contributed by atoms with E-state index >= 15 is 0 Å². The molecule has 0 aromatic carbocycles. The van der Waals surface area contributed by atoms with Gasteiger partial charge in [-0.25, -0.2) is 9.13 Å². The average Bonchev–Trinajstić information content (AvgIpc) is 0.899. The minimum atomic E-state index is -4.97. The molecule has 0 aliphatic carbocycles. The Labute approximate surface area is 677 Å². The van der Waals surface area contributed by atoms with Gasteiger partial charge in [-0.05, 0) is 31.6 Å². The number of aliphatic hydroxyl groups is 1. The van der Waals surface area contributed by atoms with Crippen LogP contribution in [0.4, 0.5) is 0 Å². The second-order valence-electron chi connectivity index (χ2n) is 33.2. The van der Waals surface area contributed by atoms with Crippen LogP contribution >= 0.6 is 15.6 Å². The standard InChI is InChI=1S/C91H178O17P2/c1-6-9-12-15-18-21-24-27-30-33-36-38-40-42-45-48-51-54-57-60-67-71-76-90(95)107-86(80-101-88(93)74-69-64-58-55-52-49-46-44-41-39-37-34-31-28-25-22-19-16-13-10-7-2)82-105-109(97,98)103-78-85(92)79-104-110(99,100)106-83-87(81-102-89(94)75-70-65-62-61-63-68-73-84(4)5)108-91(96)77-72-66-59-56-53-50-47-43-35-32-29-26-23-20-17-14-11-8-3/h84-87,92H,6-83H2,1-5H3,(H,97,98)(H,99,100)/t85-,86-,87-/m1/s1.